The number of hydrogen-bond donors (Lipinski definition) is 2. The summed E-state index contributed by atoms with van der Waals surface area (Å²) in [5, 5.41) is 11.8. The topological polar surface area (TPSA) is 121 Å². The van der Waals surface area contributed by atoms with Crippen LogP contribution in [0.25, 0.3) is 0 Å². The summed E-state index contributed by atoms with van der Waals surface area (Å²) < 4.78 is 82.7. The Bertz CT molecular complexity index is 1590. The summed E-state index contributed by atoms with van der Waals surface area (Å²) in [6.45, 7) is 2.15. The summed E-state index contributed by atoms with van der Waals surface area (Å²) in [4.78, 5) is 18.7. The summed E-state index contributed by atoms with van der Waals surface area (Å²) in [7, 11) is -4.36. The predicted octanol–water partition coefficient (Wildman–Crippen LogP) is 3.08. The highest BCUT2D eigenvalue weighted by molar-refractivity contribution is 7.89. The highest BCUT2D eigenvalue weighted by Crippen LogP contribution is 2.48. The van der Waals surface area contributed by atoms with Gasteiger partial charge in [0.05, 0.1) is 54.2 Å². The number of aliphatic hydroxyl groups is 1. The molecule has 0 bridgehead atoms. The largest absolute Gasteiger partial charge is 0.573 e. The Morgan fingerprint density at radius 1 is 0.933 bits per heavy atom. The highest BCUT2D eigenvalue weighted by Gasteiger charge is 2.45. The van der Waals surface area contributed by atoms with Gasteiger partial charge in [0, 0.05) is 26.2 Å². The molecule has 2 fully saturated rings. The molecule has 3 atom stereocenters. The molecule has 0 aliphatic carbocycles. The lowest BCUT2D eigenvalue weighted by molar-refractivity contribution is -0.274. The molecule has 2 saturated heterocycles. The zero-order valence-electron chi connectivity index (χ0n) is 23.9. The molecule has 2 N–H and O–H groups in total. The molecule has 0 spiro atoms. The Kier molecular flexibility index (Phi) is 8.63. The van der Waals surface area contributed by atoms with Gasteiger partial charge >= 0.3 is 6.36 Å². The number of piperidine rings is 1. The number of rotatable bonds is 7. The molecule has 3 aromatic rings. The third-order valence-corrected chi connectivity index (χ3v) is 9.43. The maximum Gasteiger partial charge on any atom is 0.573 e. The first kappa shape index (κ1) is 31.1. The van der Waals surface area contributed by atoms with Gasteiger partial charge in [-0.25, -0.2) is 13.1 Å². The van der Waals surface area contributed by atoms with E-state index in [0.717, 1.165) is 24.3 Å². The van der Waals surface area contributed by atoms with Crippen molar-refractivity contribution in [2.45, 2.75) is 29.4 Å². The van der Waals surface area contributed by atoms with E-state index in [1.165, 1.54) is 4.90 Å². The molecule has 6 rings (SSSR count). The van der Waals surface area contributed by atoms with E-state index in [1.54, 1.807) is 12.1 Å². The molecule has 0 saturated carbocycles. The number of carbonyl (C=O) groups excluding carboxylic acids is 1. The molecule has 1 amide bonds. The second-order valence-electron chi connectivity index (χ2n) is 10.9. The minimum atomic E-state index is -4.94. The number of carbonyl (C=O) groups is 1. The van der Waals surface area contributed by atoms with Crippen molar-refractivity contribution in [2.75, 3.05) is 50.8 Å². The van der Waals surface area contributed by atoms with Crippen molar-refractivity contribution in [3.05, 3.63) is 72.8 Å². The summed E-state index contributed by atoms with van der Waals surface area (Å²) in [6.07, 6.45) is -6.26. The second-order valence-corrected chi connectivity index (χ2v) is 12.6. The van der Waals surface area contributed by atoms with E-state index in [-0.39, 0.29) is 30.4 Å². The van der Waals surface area contributed by atoms with Crippen LogP contribution in [-0.2, 0) is 19.6 Å². The molecule has 240 valence electrons. The van der Waals surface area contributed by atoms with Crippen LogP contribution in [0.3, 0.4) is 0 Å². The minimum absolute atomic E-state index is 0.0781. The smallest absolute Gasteiger partial charge is 0.453 e. The molecule has 3 aliphatic rings. The summed E-state index contributed by atoms with van der Waals surface area (Å²) in [5.41, 5.74) is 1.26. The Morgan fingerprint density at radius 3 is 2.13 bits per heavy atom. The Labute approximate surface area is 257 Å². The number of morpholine rings is 1. The monoisotopic (exact) mass is 648 g/mol. The number of aliphatic hydroxyl groups excluding tert-OH is 1. The average Bonchev–Trinajstić information content (AvgIpc) is 3.01. The van der Waals surface area contributed by atoms with Crippen LogP contribution in [0.15, 0.2) is 77.7 Å². The van der Waals surface area contributed by atoms with Crippen molar-refractivity contribution in [1.82, 2.24) is 14.5 Å². The first-order chi connectivity index (χ1) is 21.5. The van der Waals surface area contributed by atoms with Gasteiger partial charge in [-0.2, -0.15) is 0 Å². The minimum Gasteiger partial charge on any atom is -0.453 e. The summed E-state index contributed by atoms with van der Waals surface area (Å²) >= 11 is 0. The summed E-state index contributed by atoms with van der Waals surface area (Å²) in [6, 6.07) is 16.2. The number of amides is 1. The Hall–Kier alpha value is -3.89. The normalized spacial score (nSPS) is 22.3. The van der Waals surface area contributed by atoms with E-state index in [1.807, 2.05) is 46.2 Å². The van der Waals surface area contributed by atoms with Crippen LogP contribution in [0.1, 0.15) is 0 Å². The lowest BCUT2D eigenvalue weighted by atomic mass is 9.94. The number of nitrogens with one attached hydrogen (secondary N) is 1. The third kappa shape index (κ3) is 6.87. The first-order valence-electron chi connectivity index (χ1n) is 14.3. The molecular weight excluding hydrogens is 617 g/mol. The maximum atomic E-state index is 13.7. The van der Waals surface area contributed by atoms with E-state index < -0.39 is 40.3 Å². The van der Waals surface area contributed by atoms with E-state index in [0.29, 0.717) is 49.2 Å². The van der Waals surface area contributed by atoms with E-state index in [2.05, 4.69) is 9.46 Å². The van der Waals surface area contributed by atoms with Gasteiger partial charge in [-0.3, -0.25) is 9.69 Å². The number of benzene rings is 3. The lowest BCUT2D eigenvalue weighted by Crippen LogP contribution is -2.66. The zero-order valence-corrected chi connectivity index (χ0v) is 24.7. The van der Waals surface area contributed by atoms with Crippen molar-refractivity contribution in [3.8, 4) is 17.2 Å². The Balaban J connectivity index is 1.32. The molecule has 3 aliphatic heterocycles. The summed E-state index contributed by atoms with van der Waals surface area (Å²) in [5.74, 6) is 0.224. The number of fused-ring (bicyclic) bond motifs is 2. The molecule has 3 heterocycles. The SMILES string of the molecule is O=C(CN1CCOCC1)N1C[C@@H](NS(=O)(=O)c2ccc(OC(F)(F)F)cc2)[C@H](O)[C@@H](N2c3ccccc3Oc3ccccc32)C1. The van der Waals surface area contributed by atoms with Crippen LogP contribution >= 0.6 is 0 Å². The van der Waals surface area contributed by atoms with Gasteiger partial charge in [0.2, 0.25) is 15.9 Å². The van der Waals surface area contributed by atoms with Gasteiger partial charge in [-0.05, 0) is 48.5 Å². The van der Waals surface area contributed by atoms with Gasteiger partial charge in [0.15, 0.2) is 11.5 Å². The van der Waals surface area contributed by atoms with Crippen molar-refractivity contribution in [2.24, 2.45) is 0 Å². The highest BCUT2D eigenvalue weighted by atomic mass is 32.2. The number of halogens is 3. The number of para-hydroxylation sites is 4. The molecule has 0 radical (unpaired) electrons. The molecule has 0 aromatic heterocycles. The van der Waals surface area contributed by atoms with Gasteiger partial charge in [0.1, 0.15) is 5.75 Å². The molecule has 0 unspecified atom stereocenters. The number of anilines is 2. The number of alkyl halides is 3. The van der Waals surface area contributed by atoms with Crippen molar-refractivity contribution >= 4 is 27.3 Å². The van der Waals surface area contributed by atoms with E-state index in [4.69, 9.17) is 9.47 Å². The quantitative estimate of drug-likeness (QED) is 0.398. The van der Waals surface area contributed by atoms with Crippen molar-refractivity contribution < 1.29 is 45.7 Å². The molecule has 15 heteroatoms. The fraction of sp³-hybridized carbons (Fsp3) is 0.367. The molecular formula is C30H31F3N4O7S. The molecule has 3 aromatic carbocycles. The molecule has 11 nitrogen and oxygen atoms in total. The van der Waals surface area contributed by atoms with Crippen LogP contribution in [-0.4, -0.2) is 99.7 Å². The fourth-order valence-corrected chi connectivity index (χ4v) is 7.04. The van der Waals surface area contributed by atoms with E-state index >= 15 is 0 Å². The van der Waals surface area contributed by atoms with Crippen molar-refractivity contribution in [3.63, 3.8) is 0 Å². The maximum absolute atomic E-state index is 13.7. The van der Waals surface area contributed by atoms with Crippen LogP contribution in [0.5, 0.6) is 17.2 Å². The lowest BCUT2D eigenvalue weighted by Gasteiger charge is -2.48. The number of sulfonamides is 1. The van der Waals surface area contributed by atoms with Crippen LogP contribution in [0, 0.1) is 0 Å². The fourth-order valence-electron chi connectivity index (χ4n) is 5.80. The van der Waals surface area contributed by atoms with Crippen LogP contribution in [0.4, 0.5) is 24.5 Å². The predicted molar refractivity (Wildman–Crippen MR) is 156 cm³/mol. The van der Waals surface area contributed by atoms with Crippen molar-refractivity contribution in [1.29, 1.82) is 0 Å². The second kappa shape index (κ2) is 12.5. The number of ether oxygens (including phenoxy) is 3. The van der Waals surface area contributed by atoms with Gasteiger partial charge < -0.3 is 29.1 Å². The van der Waals surface area contributed by atoms with Gasteiger partial charge in [-0.15, -0.1) is 13.2 Å². The van der Waals surface area contributed by atoms with Gasteiger partial charge in [-0.1, -0.05) is 24.3 Å². The number of nitrogens with zero attached hydrogens (tertiary/aromatic N) is 3. The zero-order chi connectivity index (χ0) is 31.8. The third-order valence-electron chi connectivity index (χ3n) is 7.92. The average molecular weight is 649 g/mol. The molecule has 45 heavy (non-hydrogen) atoms. The number of hydrogen-bond acceptors (Lipinski definition) is 9. The number of likely N-dealkylation sites (tertiary alicyclic amines) is 1. The standard InChI is InChI=1S/C30H31F3N4O7S/c31-30(32,33)44-20-9-11-21(12-10-20)45(40,41)34-22-17-36(28(38)19-35-13-15-42-16-14-35)18-25(29(22)39)37-23-5-1-3-7-26(23)43-27-8-4-2-6-24(27)37/h1-12,22,25,29,34,39H,13-19H2/t22-,25+,29+/m1/s1. The van der Waals surface area contributed by atoms with E-state index in [9.17, 15) is 31.5 Å². The Morgan fingerprint density at radius 2 is 1.53 bits per heavy atom. The van der Waals surface area contributed by atoms with Gasteiger partial charge in [0.25, 0.3) is 0 Å². The van der Waals surface area contributed by atoms with Crippen LogP contribution in [0.2, 0.25) is 0 Å². The first-order valence-corrected chi connectivity index (χ1v) is 15.8. The van der Waals surface area contributed by atoms with Crippen LogP contribution < -0.4 is 19.1 Å².